The van der Waals surface area contributed by atoms with Crippen molar-refractivity contribution in [3.8, 4) is 11.4 Å². The van der Waals surface area contributed by atoms with Crippen LogP contribution in [0, 0.1) is 6.92 Å². The predicted octanol–water partition coefficient (Wildman–Crippen LogP) is 3.08. The summed E-state index contributed by atoms with van der Waals surface area (Å²) in [5.41, 5.74) is 4.05. The van der Waals surface area contributed by atoms with Crippen LogP contribution in [-0.2, 0) is 7.05 Å². The number of likely N-dealkylation sites (tertiary alicyclic amines) is 1. The smallest absolute Gasteiger partial charge is 0.275 e. The van der Waals surface area contributed by atoms with E-state index in [4.69, 9.17) is 0 Å². The highest BCUT2D eigenvalue weighted by Gasteiger charge is 2.30. The van der Waals surface area contributed by atoms with Crippen LogP contribution in [0.1, 0.15) is 40.8 Å². The van der Waals surface area contributed by atoms with E-state index in [1.807, 2.05) is 53.9 Å². The van der Waals surface area contributed by atoms with Gasteiger partial charge in [-0.05, 0) is 25.8 Å². The number of aromatic nitrogens is 6. The molecule has 1 aliphatic rings. The average molecular weight is 401 g/mol. The van der Waals surface area contributed by atoms with Gasteiger partial charge in [-0.2, -0.15) is 5.10 Å². The zero-order valence-electron chi connectivity index (χ0n) is 17.0. The Morgan fingerprint density at radius 3 is 2.83 bits per heavy atom. The van der Waals surface area contributed by atoms with E-state index in [-0.39, 0.29) is 11.8 Å². The van der Waals surface area contributed by atoms with Gasteiger partial charge in [0, 0.05) is 43.8 Å². The van der Waals surface area contributed by atoms with E-state index in [9.17, 15) is 4.79 Å². The molecule has 0 radical (unpaired) electrons. The van der Waals surface area contributed by atoms with Crippen LogP contribution in [0.3, 0.4) is 0 Å². The molecule has 0 spiro atoms. The van der Waals surface area contributed by atoms with Crippen molar-refractivity contribution >= 4 is 16.8 Å². The lowest BCUT2D eigenvalue weighted by Gasteiger charge is -2.32. The Morgan fingerprint density at radius 2 is 2.00 bits per heavy atom. The number of benzene rings is 1. The first kappa shape index (κ1) is 18.5. The summed E-state index contributed by atoms with van der Waals surface area (Å²) in [5, 5.41) is 8.11. The Bertz CT molecular complexity index is 1230. The van der Waals surface area contributed by atoms with Gasteiger partial charge in [0.15, 0.2) is 5.69 Å². The summed E-state index contributed by atoms with van der Waals surface area (Å²) in [6.45, 7) is 3.29. The molecule has 1 atom stereocenters. The van der Waals surface area contributed by atoms with Crippen molar-refractivity contribution in [2.24, 2.45) is 7.05 Å². The Balaban J connectivity index is 1.45. The van der Waals surface area contributed by atoms with E-state index in [1.54, 1.807) is 12.4 Å². The molecule has 5 rings (SSSR count). The second kappa shape index (κ2) is 7.37. The van der Waals surface area contributed by atoms with Gasteiger partial charge >= 0.3 is 0 Å². The van der Waals surface area contributed by atoms with Crippen LogP contribution in [0.2, 0.25) is 0 Å². The quantitative estimate of drug-likeness (QED) is 0.569. The molecule has 1 unspecified atom stereocenters. The zero-order chi connectivity index (χ0) is 20.7. The number of hydrogen-bond donors (Lipinski definition) is 1. The first-order valence-corrected chi connectivity index (χ1v) is 10.2. The van der Waals surface area contributed by atoms with E-state index in [2.05, 4.69) is 25.1 Å². The molecule has 8 nitrogen and oxygen atoms in total. The SMILES string of the molecule is Cc1ncc(-c2nccnc2C2CCCN(C(=O)c3n[nH]c4ccccc34)C2)n1C. The van der Waals surface area contributed by atoms with Gasteiger partial charge < -0.3 is 9.47 Å². The maximum atomic E-state index is 13.3. The van der Waals surface area contributed by atoms with E-state index in [0.717, 1.165) is 53.2 Å². The summed E-state index contributed by atoms with van der Waals surface area (Å²) in [5.74, 6) is 0.998. The predicted molar refractivity (Wildman–Crippen MR) is 113 cm³/mol. The fourth-order valence-electron chi connectivity index (χ4n) is 4.23. The van der Waals surface area contributed by atoms with Crippen LogP contribution < -0.4 is 0 Å². The number of hydrogen-bond acceptors (Lipinski definition) is 5. The molecule has 0 aliphatic carbocycles. The molecule has 1 amide bonds. The van der Waals surface area contributed by atoms with Gasteiger partial charge in [-0.25, -0.2) is 4.98 Å². The van der Waals surface area contributed by atoms with Crippen molar-refractivity contribution in [2.75, 3.05) is 13.1 Å². The molecule has 1 fully saturated rings. The van der Waals surface area contributed by atoms with Crippen LogP contribution >= 0.6 is 0 Å². The van der Waals surface area contributed by atoms with E-state index in [1.165, 1.54) is 0 Å². The van der Waals surface area contributed by atoms with Crippen molar-refractivity contribution in [1.29, 1.82) is 0 Å². The van der Waals surface area contributed by atoms with Gasteiger partial charge in [0.1, 0.15) is 11.5 Å². The number of imidazole rings is 1. The Hall–Kier alpha value is -3.55. The topological polar surface area (TPSA) is 92.6 Å². The molecule has 1 N–H and O–H groups in total. The molecule has 4 heterocycles. The average Bonchev–Trinajstić information content (AvgIpc) is 3.37. The summed E-state index contributed by atoms with van der Waals surface area (Å²) >= 11 is 0. The molecule has 3 aromatic heterocycles. The summed E-state index contributed by atoms with van der Waals surface area (Å²) < 4.78 is 2.02. The number of aryl methyl sites for hydroxylation is 1. The van der Waals surface area contributed by atoms with Crippen molar-refractivity contribution in [1.82, 2.24) is 34.6 Å². The summed E-state index contributed by atoms with van der Waals surface area (Å²) in [6, 6.07) is 7.72. The third kappa shape index (κ3) is 3.04. The number of amides is 1. The molecule has 4 aromatic rings. The Morgan fingerprint density at radius 1 is 1.17 bits per heavy atom. The summed E-state index contributed by atoms with van der Waals surface area (Å²) in [7, 11) is 1.98. The van der Waals surface area contributed by atoms with Crippen LogP contribution in [0.5, 0.6) is 0 Å². The zero-order valence-corrected chi connectivity index (χ0v) is 17.0. The Kier molecular flexibility index (Phi) is 4.54. The minimum atomic E-state index is -0.0426. The summed E-state index contributed by atoms with van der Waals surface area (Å²) in [4.78, 5) is 28.8. The van der Waals surface area contributed by atoms with Crippen molar-refractivity contribution in [3.63, 3.8) is 0 Å². The highest BCUT2D eigenvalue weighted by Crippen LogP contribution is 2.32. The number of nitrogens with zero attached hydrogens (tertiary/aromatic N) is 6. The van der Waals surface area contributed by atoms with E-state index < -0.39 is 0 Å². The number of carbonyl (C=O) groups excluding carboxylic acids is 1. The number of carbonyl (C=O) groups is 1. The summed E-state index contributed by atoms with van der Waals surface area (Å²) in [6.07, 6.45) is 7.16. The highest BCUT2D eigenvalue weighted by atomic mass is 16.2. The number of aromatic amines is 1. The van der Waals surface area contributed by atoms with Gasteiger partial charge in [0.2, 0.25) is 0 Å². The first-order chi connectivity index (χ1) is 14.6. The van der Waals surface area contributed by atoms with Crippen molar-refractivity contribution in [3.05, 3.63) is 60.1 Å². The monoisotopic (exact) mass is 401 g/mol. The molecule has 152 valence electrons. The fourth-order valence-corrected chi connectivity index (χ4v) is 4.23. The first-order valence-electron chi connectivity index (χ1n) is 10.2. The molecule has 0 bridgehead atoms. The normalized spacial score (nSPS) is 16.9. The lowest BCUT2D eigenvalue weighted by molar-refractivity contribution is 0.0702. The molecular formula is C22H23N7O. The van der Waals surface area contributed by atoms with Crippen LogP contribution in [-0.4, -0.2) is 53.6 Å². The minimum Gasteiger partial charge on any atom is -0.337 e. The van der Waals surface area contributed by atoms with Crippen molar-refractivity contribution in [2.45, 2.75) is 25.7 Å². The molecule has 30 heavy (non-hydrogen) atoms. The van der Waals surface area contributed by atoms with Gasteiger partial charge in [-0.1, -0.05) is 18.2 Å². The van der Waals surface area contributed by atoms with Gasteiger partial charge in [-0.15, -0.1) is 0 Å². The van der Waals surface area contributed by atoms with Crippen LogP contribution in [0.25, 0.3) is 22.3 Å². The maximum absolute atomic E-state index is 13.3. The third-order valence-electron chi connectivity index (χ3n) is 5.96. The molecule has 1 aromatic carbocycles. The molecule has 0 saturated carbocycles. The lowest BCUT2D eigenvalue weighted by Crippen LogP contribution is -2.39. The molecule has 1 saturated heterocycles. The van der Waals surface area contributed by atoms with Gasteiger partial charge in [-0.3, -0.25) is 19.9 Å². The molecular weight excluding hydrogens is 378 g/mol. The second-order valence-electron chi connectivity index (χ2n) is 7.75. The van der Waals surface area contributed by atoms with Crippen LogP contribution in [0.15, 0.2) is 42.9 Å². The second-order valence-corrected chi connectivity index (χ2v) is 7.75. The van der Waals surface area contributed by atoms with Crippen LogP contribution in [0.4, 0.5) is 0 Å². The van der Waals surface area contributed by atoms with E-state index >= 15 is 0 Å². The Labute approximate surface area is 174 Å². The third-order valence-corrected chi connectivity index (χ3v) is 5.96. The fraction of sp³-hybridized carbons (Fsp3) is 0.318. The number of piperidine rings is 1. The largest absolute Gasteiger partial charge is 0.337 e. The van der Waals surface area contributed by atoms with Crippen molar-refractivity contribution < 1.29 is 4.79 Å². The lowest BCUT2D eigenvalue weighted by atomic mass is 9.92. The molecule has 1 aliphatic heterocycles. The number of rotatable bonds is 3. The standard InChI is InChI=1S/C22H23N7O/c1-14-25-12-18(28(14)2)21-19(23-9-10-24-21)15-6-5-11-29(13-15)22(30)20-16-7-3-4-8-17(16)26-27-20/h3-4,7-10,12,15H,5-6,11,13H2,1-2H3,(H,26,27). The van der Waals surface area contributed by atoms with Gasteiger partial charge in [0.05, 0.1) is 23.1 Å². The number of fused-ring (bicyclic) bond motifs is 1. The maximum Gasteiger partial charge on any atom is 0.275 e. The highest BCUT2D eigenvalue weighted by molar-refractivity contribution is 6.04. The number of H-pyrrole nitrogens is 1. The number of nitrogens with one attached hydrogen (secondary N) is 1. The van der Waals surface area contributed by atoms with E-state index in [0.29, 0.717) is 12.2 Å². The minimum absolute atomic E-state index is 0.0426. The van der Waals surface area contributed by atoms with Gasteiger partial charge in [0.25, 0.3) is 5.91 Å². The molecule has 8 heteroatoms. The number of para-hydroxylation sites is 1.